The zero-order valence-electron chi connectivity index (χ0n) is 8.47. The molecular weight excluding hydrogens is 212 g/mol. The van der Waals surface area contributed by atoms with Crippen LogP contribution in [0.1, 0.15) is 22.8 Å². The fraction of sp³-hybridized carbons (Fsp3) is 0.200. The predicted octanol–water partition coefficient (Wildman–Crippen LogP) is 1.10. The Morgan fingerprint density at radius 3 is 2.75 bits per heavy atom. The number of nitrogens with zero attached hydrogens (tertiary/aromatic N) is 2. The van der Waals surface area contributed by atoms with Crippen molar-refractivity contribution in [2.24, 2.45) is 0 Å². The molecule has 2 rings (SSSR count). The zero-order chi connectivity index (χ0) is 11.9. The Kier molecular flexibility index (Phi) is 2.19. The second kappa shape index (κ2) is 3.41. The van der Waals surface area contributed by atoms with E-state index in [9.17, 15) is 19.7 Å². The van der Waals surface area contributed by atoms with Crippen LogP contribution in [0.25, 0.3) is 0 Å². The Balaban J connectivity index is 2.45. The molecule has 1 aromatic rings. The van der Waals surface area contributed by atoms with Gasteiger partial charge in [0.1, 0.15) is 0 Å². The summed E-state index contributed by atoms with van der Waals surface area (Å²) in [7, 11) is 0. The molecule has 0 atom stereocenters. The Labute approximate surface area is 90.6 Å². The van der Waals surface area contributed by atoms with Crippen molar-refractivity contribution in [1.82, 2.24) is 4.90 Å². The van der Waals surface area contributed by atoms with Gasteiger partial charge in [-0.15, -0.1) is 0 Å². The Hall–Kier alpha value is -2.24. The first-order valence-electron chi connectivity index (χ1n) is 4.60. The standard InChI is InChI=1S/C10H8N2O4/c1-6(13)11-5-7-2-3-8(12(15)16)4-9(7)10(11)14/h2-4H,5H2,1H3. The highest BCUT2D eigenvalue weighted by Gasteiger charge is 2.31. The summed E-state index contributed by atoms with van der Waals surface area (Å²) in [6.45, 7) is 1.49. The number of imide groups is 1. The monoisotopic (exact) mass is 220 g/mol. The first kappa shape index (κ1) is 10.3. The number of non-ortho nitro benzene ring substituents is 1. The SMILES string of the molecule is CC(=O)N1Cc2ccc([N+](=O)[O-])cc2C1=O. The van der Waals surface area contributed by atoms with Crippen LogP contribution >= 0.6 is 0 Å². The fourth-order valence-electron chi connectivity index (χ4n) is 1.66. The van der Waals surface area contributed by atoms with Crippen LogP contribution < -0.4 is 0 Å². The van der Waals surface area contributed by atoms with Gasteiger partial charge in [0.25, 0.3) is 11.6 Å². The maximum absolute atomic E-state index is 11.7. The number of nitro groups is 1. The van der Waals surface area contributed by atoms with Crippen molar-refractivity contribution < 1.29 is 14.5 Å². The normalized spacial score (nSPS) is 13.8. The van der Waals surface area contributed by atoms with Crippen LogP contribution in [-0.4, -0.2) is 21.6 Å². The quantitative estimate of drug-likeness (QED) is 0.524. The van der Waals surface area contributed by atoms with Gasteiger partial charge in [0, 0.05) is 19.1 Å². The molecule has 1 aliphatic heterocycles. The highest BCUT2D eigenvalue weighted by Crippen LogP contribution is 2.26. The molecule has 0 N–H and O–H groups in total. The summed E-state index contributed by atoms with van der Waals surface area (Å²) in [5.74, 6) is -0.824. The van der Waals surface area contributed by atoms with Crippen LogP contribution in [0.15, 0.2) is 18.2 Å². The van der Waals surface area contributed by atoms with Crippen molar-refractivity contribution in [3.63, 3.8) is 0 Å². The van der Waals surface area contributed by atoms with Crippen molar-refractivity contribution in [3.05, 3.63) is 39.4 Å². The molecule has 0 saturated heterocycles. The highest BCUT2D eigenvalue weighted by molar-refractivity contribution is 6.07. The molecule has 0 fully saturated rings. The van der Waals surface area contributed by atoms with E-state index in [-0.39, 0.29) is 23.7 Å². The number of nitro benzene ring substituents is 1. The smallest absolute Gasteiger partial charge is 0.270 e. The van der Waals surface area contributed by atoms with Gasteiger partial charge in [-0.2, -0.15) is 0 Å². The van der Waals surface area contributed by atoms with Crippen LogP contribution in [-0.2, 0) is 11.3 Å². The molecule has 0 aliphatic carbocycles. The van der Waals surface area contributed by atoms with Crippen molar-refractivity contribution in [3.8, 4) is 0 Å². The molecule has 6 nitrogen and oxygen atoms in total. The van der Waals surface area contributed by atoms with Gasteiger partial charge in [0.05, 0.1) is 17.0 Å². The molecule has 16 heavy (non-hydrogen) atoms. The second-order valence-corrected chi connectivity index (χ2v) is 3.51. The number of fused-ring (bicyclic) bond motifs is 1. The van der Waals surface area contributed by atoms with Crippen LogP contribution in [0.2, 0.25) is 0 Å². The molecule has 0 bridgehead atoms. The van der Waals surface area contributed by atoms with E-state index < -0.39 is 10.8 Å². The lowest BCUT2D eigenvalue weighted by molar-refractivity contribution is -0.384. The minimum atomic E-state index is -0.565. The first-order valence-corrected chi connectivity index (χ1v) is 4.60. The third-order valence-corrected chi connectivity index (χ3v) is 2.49. The van der Waals surface area contributed by atoms with E-state index in [0.29, 0.717) is 5.56 Å². The van der Waals surface area contributed by atoms with Crippen LogP contribution in [0.4, 0.5) is 5.69 Å². The molecule has 0 aromatic heterocycles. The molecule has 1 heterocycles. The molecule has 1 aromatic carbocycles. The predicted molar refractivity (Wildman–Crippen MR) is 53.7 cm³/mol. The molecule has 0 saturated carbocycles. The van der Waals surface area contributed by atoms with Crippen molar-refractivity contribution in [2.75, 3.05) is 0 Å². The minimum Gasteiger partial charge on any atom is -0.275 e. The molecule has 2 amide bonds. The third-order valence-electron chi connectivity index (χ3n) is 2.49. The number of amides is 2. The Morgan fingerprint density at radius 2 is 2.19 bits per heavy atom. The van der Waals surface area contributed by atoms with E-state index in [0.717, 1.165) is 4.90 Å². The maximum atomic E-state index is 11.7. The van der Waals surface area contributed by atoms with Gasteiger partial charge in [0.2, 0.25) is 5.91 Å². The maximum Gasteiger partial charge on any atom is 0.270 e. The van der Waals surface area contributed by atoms with Crippen LogP contribution in [0, 0.1) is 10.1 Å². The fourth-order valence-corrected chi connectivity index (χ4v) is 1.66. The van der Waals surface area contributed by atoms with Gasteiger partial charge < -0.3 is 0 Å². The third kappa shape index (κ3) is 1.44. The van der Waals surface area contributed by atoms with Crippen molar-refractivity contribution >= 4 is 17.5 Å². The molecule has 0 spiro atoms. The topological polar surface area (TPSA) is 80.5 Å². The molecule has 0 radical (unpaired) electrons. The summed E-state index contributed by atoms with van der Waals surface area (Å²) < 4.78 is 0. The first-order chi connectivity index (χ1) is 7.50. The summed E-state index contributed by atoms with van der Waals surface area (Å²) in [4.78, 5) is 33.8. The van der Waals surface area contributed by atoms with Gasteiger partial charge in [-0.25, -0.2) is 0 Å². The van der Waals surface area contributed by atoms with E-state index >= 15 is 0 Å². The lowest BCUT2D eigenvalue weighted by atomic mass is 10.1. The molecular formula is C10H8N2O4. The van der Waals surface area contributed by atoms with Gasteiger partial charge in [-0.3, -0.25) is 24.6 Å². The molecule has 0 unspecified atom stereocenters. The largest absolute Gasteiger partial charge is 0.275 e. The van der Waals surface area contributed by atoms with Gasteiger partial charge in [0.15, 0.2) is 0 Å². The van der Waals surface area contributed by atoms with E-state index in [4.69, 9.17) is 0 Å². The number of hydrogen-bond donors (Lipinski definition) is 0. The number of hydrogen-bond acceptors (Lipinski definition) is 4. The molecule has 82 valence electrons. The Bertz CT molecular complexity index is 510. The molecule has 6 heteroatoms. The average Bonchev–Trinajstić information content (AvgIpc) is 2.56. The van der Waals surface area contributed by atoms with Crippen LogP contribution in [0.5, 0.6) is 0 Å². The summed E-state index contributed by atoms with van der Waals surface area (Å²) in [6.07, 6.45) is 0. The number of rotatable bonds is 1. The van der Waals surface area contributed by atoms with E-state index in [1.807, 2.05) is 0 Å². The van der Waals surface area contributed by atoms with Gasteiger partial charge >= 0.3 is 0 Å². The summed E-state index contributed by atoms with van der Waals surface area (Å²) >= 11 is 0. The average molecular weight is 220 g/mol. The van der Waals surface area contributed by atoms with Crippen molar-refractivity contribution in [2.45, 2.75) is 13.5 Å². The summed E-state index contributed by atoms with van der Waals surface area (Å²) in [5, 5.41) is 10.5. The minimum absolute atomic E-state index is 0.141. The van der Waals surface area contributed by atoms with E-state index in [2.05, 4.69) is 0 Å². The van der Waals surface area contributed by atoms with Crippen molar-refractivity contribution in [1.29, 1.82) is 0 Å². The van der Waals surface area contributed by atoms with Crippen LogP contribution in [0.3, 0.4) is 0 Å². The van der Waals surface area contributed by atoms with E-state index in [1.165, 1.54) is 25.1 Å². The summed E-state index contributed by atoms with van der Waals surface area (Å²) in [5.41, 5.74) is 0.743. The van der Waals surface area contributed by atoms with E-state index in [1.54, 1.807) is 0 Å². The van der Waals surface area contributed by atoms with Gasteiger partial charge in [-0.1, -0.05) is 0 Å². The number of carbonyl (C=O) groups is 2. The lowest BCUT2D eigenvalue weighted by Crippen LogP contribution is -2.28. The number of carbonyl (C=O) groups excluding carboxylic acids is 2. The number of benzene rings is 1. The highest BCUT2D eigenvalue weighted by atomic mass is 16.6. The zero-order valence-corrected chi connectivity index (χ0v) is 8.47. The lowest BCUT2D eigenvalue weighted by Gasteiger charge is -2.08. The van der Waals surface area contributed by atoms with Gasteiger partial charge in [-0.05, 0) is 11.6 Å². The second-order valence-electron chi connectivity index (χ2n) is 3.51. The summed E-state index contributed by atoms with van der Waals surface area (Å²) in [6, 6.07) is 4.05. The molecule has 1 aliphatic rings. The Morgan fingerprint density at radius 1 is 1.50 bits per heavy atom.